The number of aryl methyl sites for hydroxylation is 1. The molecule has 1 aromatic heterocycles. The number of rotatable bonds is 1. The Balaban J connectivity index is 2.05. The van der Waals surface area contributed by atoms with Crippen molar-refractivity contribution in [2.75, 3.05) is 18.0 Å². The lowest BCUT2D eigenvalue weighted by molar-refractivity contribution is 0.482. The van der Waals surface area contributed by atoms with Gasteiger partial charge in [0.2, 0.25) is 5.95 Å². The molecule has 0 amide bonds. The Morgan fingerprint density at radius 3 is 2.80 bits per heavy atom. The molecule has 0 aliphatic carbocycles. The summed E-state index contributed by atoms with van der Waals surface area (Å²) in [4.78, 5) is 10.8. The largest absolute Gasteiger partial charge is 0.341 e. The van der Waals surface area contributed by atoms with Gasteiger partial charge in [-0.3, -0.25) is 0 Å². The molecule has 78 valence electrons. The minimum Gasteiger partial charge on any atom is -0.341 e. The number of hydrogen-bond acceptors (Lipinski definition) is 4. The highest BCUT2D eigenvalue weighted by atomic mass is 15.2. The lowest BCUT2D eigenvalue weighted by atomic mass is 9.99. The molecule has 1 fully saturated rings. The zero-order valence-electron chi connectivity index (χ0n) is 8.85. The van der Waals surface area contributed by atoms with Gasteiger partial charge in [0.15, 0.2) is 0 Å². The monoisotopic (exact) mass is 202 g/mol. The van der Waals surface area contributed by atoms with Crippen molar-refractivity contribution in [2.45, 2.75) is 19.8 Å². The van der Waals surface area contributed by atoms with Gasteiger partial charge in [-0.1, -0.05) is 0 Å². The molecule has 1 aliphatic rings. The standard InChI is InChI=1S/C11H14N4/c1-9-2-5-13-11(14-9)15-6-3-10(8-12)4-7-15/h2,5,10H,3-4,6-7H2,1H3. The number of nitriles is 1. The Labute approximate surface area is 89.6 Å². The van der Waals surface area contributed by atoms with Crippen molar-refractivity contribution in [1.82, 2.24) is 9.97 Å². The summed E-state index contributed by atoms with van der Waals surface area (Å²) >= 11 is 0. The van der Waals surface area contributed by atoms with Crippen molar-refractivity contribution in [2.24, 2.45) is 5.92 Å². The number of nitrogens with zero attached hydrogens (tertiary/aromatic N) is 4. The molecule has 1 aromatic rings. The summed E-state index contributed by atoms with van der Waals surface area (Å²) in [7, 11) is 0. The van der Waals surface area contributed by atoms with E-state index in [1.54, 1.807) is 6.20 Å². The van der Waals surface area contributed by atoms with Crippen molar-refractivity contribution >= 4 is 5.95 Å². The predicted octanol–water partition coefficient (Wildman–Crippen LogP) is 1.52. The van der Waals surface area contributed by atoms with Crippen LogP contribution in [0.5, 0.6) is 0 Å². The topological polar surface area (TPSA) is 52.8 Å². The minimum absolute atomic E-state index is 0.214. The normalized spacial score (nSPS) is 17.5. The first kappa shape index (κ1) is 9.91. The maximum Gasteiger partial charge on any atom is 0.225 e. The molecule has 0 bridgehead atoms. The van der Waals surface area contributed by atoms with E-state index in [2.05, 4.69) is 20.9 Å². The van der Waals surface area contributed by atoms with Crippen molar-refractivity contribution < 1.29 is 0 Å². The Hall–Kier alpha value is -1.63. The zero-order chi connectivity index (χ0) is 10.7. The second kappa shape index (κ2) is 4.26. The molecule has 2 heterocycles. The van der Waals surface area contributed by atoms with Crippen molar-refractivity contribution in [3.05, 3.63) is 18.0 Å². The van der Waals surface area contributed by atoms with Gasteiger partial charge in [-0.25, -0.2) is 9.97 Å². The molecule has 1 aliphatic heterocycles. The van der Waals surface area contributed by atoms with Gasteiger partial charge >= 0.3 is 0 Å². The van der Waals surface area contributed by atoms with Gasteiger partial charge in [0.05, 0.1) is 6.07 Å². The Morgan fingerprint density at radius 2 is 2.20 bits per heavy atom. The Bertz CT molecular complexity index is 374. The molecule has 0 N–H and O–H groups in total. The molecule has 1 saturated heterocycles. The summed E-state index contributed by atoms with van der Waals surface area (Å²) in [6, 6.07) is 4.21. The molecule has 15 heavy (non-hydrogen) atoms. The fraction of sp³-hybridized carbons (Fsp3) is 0.545. The van der Waals surface area contributed by atoms with Gasteiger partial charge in [0.25, 0.3) is 0 Å². The highest BCUT2D eigenvalue weighted by molar-refractivity contribution is 5.30. The van der Waals surface area contributed by atoms with Gasteiger partial charge < -0.3 is 4.90 Å². The average molecular weight is 202 g/mol. The number of aromatic nitrogens is 2. The molecule has 2 rings (SSSR count). The van der Waals surface area contributed by atoms with Crippen molar-refractivity contribution in [1.29, 1.82) is 5.26 Å². The second-order valence-corrected chi connectivity index (χ2v) is 3.89. The molecule has 4 nitrogen and oxygen atoms in total. The number of hydrogen-bond donors (Lipinski definition) is 0. The zero-order valence-corrected chi connectivity index (χ0v) is 8.85. The molecular weight excluding hydrogens is 188 g/mol. The fourth-order valence-corrected chi connectivity index (χ4v) is 1.80. The Morgan fingerprint density at radius 1 is 1.47 bits per heavy atom. The van der Waals surface area contributed by atoms with Gasteiger partial charge in [0.1, 0.15) is 0 Å². The van der Waals surface area contributed by atoms with Crippen LogP contribution in [0.25, 0.3) is 0 Å². The van der Waals surface area contributed by atoms with E-state index < -0.39 is 0 Å². The molecule has 0 spiro atoms. The van der Waals surface area contributed by atoms with Gasteiger partial charge in [-0.15, -0.1) is 0 Å². The lowest BCUT2D eigenvalue weighted by Gasteiger charge is -2.29. The molecule has 0 radical (unpaired) electrons. The average Bonchev–Trinajstić information content (AvgIpc) is 2.29. The SMILES string of the molecule is Cc1ccnc(N2CCC(C#N)CC2)n1. The molecule has 0 atom stereocenters. The molecule has 4 heteroatoms. The van der Waals surface area contributed by atoms with Crippen LogP contribution in [0.4, 0.5) is 5.95 Å². The molecule has 0 aromatic carbocycles. The minimum atomic E-state index is 0.214. The number of piperidine rings is 1. The van der Waals surface area contributed by atoms with E-state index in [1.165, 1.54) is 0 Å². The van der Waals surface area contributed by atoms with Gasteiger partial charge in [-0.05, 0) is 25.8 Å². The van der Waals surface area contributed by atoms with E-state index in [9.17, 15) is 0 Å². The van der Waals surface area contributed by atoms with E-state index in [4.69, 9.17) is 5.26 Å². The maximum atomic E-state index is 8.79. The first-order chi connectivity index (χ1) is 7.29. The van der Waals surface area contributed by atoms with Crippen LogP contribution in [0, 0.1) is 24.2 Å². The molecule has 0 saturated carbocycles. The van der Waals surface area contributed by atoms with Crippen LogP contribution >= 0.6 is 0 Å². The first-order valence-electron chi connectivity index (χ1n) is 5.24. The summed E-state index contributed by atoms with van der Waals surface area (Å²) in [6.45, 7) is 3.75. The molecule has 0 unspecified atom stereocenters. The quantitative estimate of drug-likeness (QED) is 0.693. The maximum absolute atomic E-state index is 8.79. The summed E-state index contributed by atoms with van der Waals surface area (Å²) in [5.41, 5.74) is 0.988. The first-order valence-corrected chi connectivity index (χ1v) is 5.24. The summed E-state index contributed by atoms with van der Waals surface area (Å²) in [5.74, 6) is 1.01. The van der Waals surface area contributed by atoms with E-state index in [-0.39, 0.29) is 5.92 Å². The van der Waals surface area contributed by atoms with Crippen LogP contribution in [0.2, 0.25) is 0 Å². The van der Waals surface area contributed by atoms with Crippen LogP contribution in [-0.4, -0.2) is 23.1 Å². The summed E-state index contributed by atoms with van der Waals surface area (Å²) in [5, 5.41) is 8.79. The van der Waals surface area contributed by atoms with Gasteiger partial charge in [-0.2, -0.15) is 5.26 Å². The van der Waals surface area contributed by atoms with Crippen LogP contribution < -0.4 is 4.90 Å². The van der Waals surface area contributed by atoms with Gasteiger partial charge in [0, 0.05) is 30.9 Å². The third-order valence-electron chi connectivity index (χ3n) is 2.74. The Kier molecular flexibility index (Phi) is 2.82. The summed E-state index contributed by atoms with van der Waals surface area (Å²) < 4.78 is 0. The van der Waals surface area contributed by atoms with Crippen LogP contribution in [0.1, 0.15) is 18.5 Å². The van der Waals surface area contributed by atoms with Crippen molar-refractivity contribution in [3.8, 4) is 6.07 Å². The fourth-order valence-electron chi connectivity index (χ4n) is 1.80. The predicted molar refractivity (Wildman–Crippen MR) is 57.3 cm³/mol. The smallest absolute Gasteiger partial charge is 0.225 e. The van der Waals surface area contributed by atoms with E-state index in [0.29, 0.717) is 0 Å². The van der Waals surface area contributed by atoms with Crippen LogP contribution in [-0.2, 0) is 0 Å². The van der Waals surface area contributed by atoms with E-state index in [1.807, 2.05) is 13.0 Å². The molecular formula is C11H14N4. The van der Waals surface area contributed by atoms with E-state index in [0.717, 1.165) is 37.6 Å². The lowest BCUT2D eigenvalue weighted by Crippen LogP contribution is -2.34. The highest BCUT2D eigenvalue weighted by Crippen LogP contribution is 2.19. The van der Waals surface area contributed by atoms with Crippen LogP contribution in [0.3, 0.4) is 0 Å². The number of anilines is 1. The van der Waals surface area contributed by atoms with E-state index >= 15 is 0 Å². The van der Waals surface area contributed by atoms with Crippen molar-refractivity contribution in [3.63, 3.8) is 0 Å². The third kappa shape index (κ3) is 2.24. The van der Waals surface area contributed by atoms with Crippen LogP contribution in [0.15, 0.2) is 12.3 Å². The highest BCUT2D eigenvalue weighted by Gasteiger charge is 2.20. The summed E-state index contributed by atoms with van der Waals surface area (Å²) in [6.07, 6.45) is 3.63. The third-order valence-corrected chi connectivity index (χ3v) is 2.74. The second-order valence-electron chi connectivity index (χ2n) is 3.89.